The van der Waals surface area contributed by atoms with Crippen LogP contribution in [0.25, 0.3) is 0 Å². The first-order valence-electron chi connectivity index (χ1n) is 6.43. The van der Waals surface area contributed by atoms with E-state index in [0.717, 1.165) is 18.1 Å². The van der Waals surface area contributed by atoms with E-state index in [2.05, 4.69) is 33.3 Å². The molecule has 1 aliphatic heterocycles. The van der Waals surface area contributed by atoms with E-state index in [1.54, 1.807) is 6.20 Å². The number of ether oxygens (including phenoxy) is 1. The van der Waals surface area contributed by atoms with Crippen molar-refractivity contribution in [3.63, 3.8) is 0 Å². The van der Waals surface area contributed by atoms with Crippen LogP contribution in [-0.4, -0.2) is 28.6 Å². The first-order valence-corrected chi connectivity index (χ1v) is 6.43. The molecule has 0 saturated heterocycles. The molecule has 0 spiro atoms. The van der Waals surface area contributed by atoms with E-state index >= 15 is 0 Å². The molecular formula is C14H19N5O. The molecule has 3 N–H and O–H groups in total. The van der Waals surface area contributed by atoms with Crippen LogP contribution >= 0.6 is 0 Å². The minimum Gasteiger partial charge on any atom is -0.478 e. The lowest BCUT2D eigenvalue weighted by Crippen LogP contribution is -1.98. The van der Waals surface area contributed by atoms with Gasteiger partial charge in [-0.15, -0.1) is 0 Å². The molecule has 0 aliphatic carbocycles. The molecule has 0 amide bonds. The summed E-state index contributed by atoms with van der Waals surface area (Å²) in [6.07, 6.45) is 3.42. The van der Waals surface area contributed by atoms with Gasteiger partial charge in [-0.1, -0.05) is 13.0 Å². The number of fused-ring (bicyclic) bond motifs is 1. The van der Waals surface area contributed by atoms with Crippen LogP contribution in [0.4, 0.5) is 11.6 Å². The summed E-state index contributed by atoms with van der Waals surface area (Å²) in [7, 11) is 1.51. The van der Waals surface area contributed by atoms with E-state index in [-0.39, 0.29) is 0 Å². The molecule has 1 atom stereocenters. The molecule has 0 bridgehead atoms. The fourth-order valence-electron chi connectivity index (χ4n) is 1.94. The summed E-state index contributed by atoms with van der Waals surface area (Å²) < 4.78 is 4.83. The maximum Gasteiger partial charge on any atom is 0.257 e. The quantitative estimate of drug-likeness (QED) is 0.826. The van der Waals surface area contributed by atoms with Crippen LogP contribution < -0.4 is 15.8 Å². The number of methoxy groups -OCH3 is 1. The Balaban J connectivity index is 0.000000147. The summed E-state index contributed by atoms with van der Waals surface area (Å²) in [6.45, 7) is 5.07. The molecule has 3 rings (SSSR count). The Labute approximate surface area is 118 Å². The van der Waals surface area contributed by atoms with E-state index in [1.165, 1.54) is 12.7 Å². The fraction of sp³-hybridized carbons (Fsp3) is 0.357. The van der Waals surface area contributed by atoms with Crippen LogP contribution in [0.15, 0.2) is 24.5 Å². The number of hydrogen-bond acceptors (Lipinski definition) is 6. The Morgan fingerprint density at radius 1 is 1.40 bits per heavy atom. The molecule has 0 saturated carbocycles. The smallest absolute Gasteiger partial charge is 0.257 e. The number of nitrogens with one attached hydrogen (secondary N) is 1. The third kappa shape index (κ3) is 3.14. The van der Waals surface area contributed by atoms with Gasteiger partial charge < -0.3 is 15.8 Å². The highest BCUT2D eigenvalue weighted by Gasteiger charge is 2.17. The second-order valence-corrected chi connectivity index (χ2v) is 4.63. The van der Waals surface area contributed by atoms with Gasteiger partial charge in [0.2, 0.25) is 0 Å². The molecule has 3 heterocycles. The molecule has 0 aromatic carbocycles. The molecule has 6 heteroatoms. The first kappa shape index (κ1) is 14.0. The molecule has 0 fully saturated rings. The largest absolute Gasteiger partial charge is 0.478 e. The minimum absolute atomic E-state index is 0.327. The van der Waals surface area contributed by atoms with Crippen LogP contribution in [0.2, 0.25) is 0 Å². The molecule has 106 valence electrons. The third-order valence-electron chi connectivity index (χ3n) is 3.03. The lowest BCUT2D eigenvalue weighted by molar-refractivity contribution is 0.397. The standard InChI is InChI=1S/C8H10N2.C6H9N3O/c1-6-5-10-8-7(6)3-2-4-9-8;1-4-3-8-5(7)6(9-4)10-2/h2-4,6H,5H2,1H3,(H,9,10);3H,1-2H3,(H2,7,8)/t6-;/m0./s1. The molecule has 20 heavy (non-hydrogen) atoms. The summed E-state index contributed by atoms with van der Waals surface area (Å²) in [5.74, 6) is 2.41. The van der Waals surface area contributed by atoms with Crippen molar-refractivity contribution in [3.8, 4) is 5.88 Å². The van der Waals surface area contributed by atoms with Gasteiger partial charge in [0.1, 0.15) is 5.82 Å². The number of pyridine rings is 1. The van der Waals surface area contributed by atoms with Crippen molar-refractivity contribution in [2.75, 3.05) is 24.7 Å². The first-order chi connectivity index (χ1) is 9.61. The predicted octanol–water partition coefficient (Wildman–Crippen LogP) is 1.99. The summed E-state index contributed by atoms with van der Waals surface area (Å²) >= 11 is 0. The highest BCUT2D eigenvalue weighted by atomic mass is 16.5. The van der Waals surface area contributed by atoms with Crippen LogP contribution in [0.3, 0.4) is 0 Å². The summed E-state index contributed by atoms with van der Waals surface area (Å²) in [5.41, 5.74) is 7.55. The number of hydrogen-bond donors (Lipinski definition) is 2. The number of nitrogens with zero attached hydrogens (tertiary/aromatic N) is 3. The Morgan fingerprint density at radius 3 is 2.85 bits per heavy atom. The zero-order valence-corrected chi connectivity index (χ0v) is 11.9. The van der Waals surface area contributed by atoms with Crippen molar-refractivity contribution < 1.29 is 4.74 Å². The molecule has 0 unspecified atom stereocenters. The Morgan fingerprint density at radius 2 is 2.20 bits per heavy atom. The molecule has 2 aromatic rings. The zero-order valence-electron chi connectivity index (χ0n) is 11.9. The van der Waals surface area contributed by atoms with E-state index in [4.69, 9.17) is 10.5 Å². The highest BCUT2D eigenvalue weighted by Crippen LogP contribution is 2.27. The number of aryl methyl sites for hydroxylation is 1. The summed E-state index contributed by atoms with van der Waals surface area (Å²) in [6, 6.07) is 4.12. The van der Waals surface area contributed by atoms with Crippen molar-refractivity contribution in [2.45, 2.75) is 19.8 Å². The van der Waals surface area contributed by atoms with Gasteiger partial charge in [0.15, 0.2) is 5.82 Å². The van der Waals surface area contributed by atoms with Crippen molar-refractivity contribution in [3.05, 3.63) is 35.8 Å². The predicted molar refractivity (Wildman–Crippen MR) is 78.9 cm³/mol. The molecule has 1 aliphatic rings. The maximum atomic E-state index is 5.40. The molecule has 2 aromatic heterocycles. The van der Waals surface area contributed by atoms with Gasteiger partial charge in [-0.3, -0.25) is 0 Å². The zero-order chi connectivity index (χ0) is 14.5. The van der Waals surface area contributed by atoms with E-state index in [0.29, 0.717) is 17.6 Å². The third-order valence-corrected chi connectivity index (χ3v) is 3.03. The monoisotopic (exact) mass is 273 g/mol. The van der Waals surface area contributed by atoms with Crippen LogP contribution in [0.5, 0.6) is 5.88 Å². The second-order valence-electron chi connectivity index (χ2n) is 4.63. The average Bonchev–Trinajstić information content (AvgIpc) is 2.84. The fourth-order valence-corrected chi connectivity index (χ4v) is 1.94. The normalized spacial score (nSPS) is 15.7. The SMILES string of the molecule is COc1nc(C)cnc1N.C[C@H]1CNc2ncccc21. The maximum absolute atomic E-state index is 5.40. The Bertz CT molecular complexity index is 588. The molecular weight excluding hydrogens is 254 g/mol. The number of nitrogen functional groups attached to an aromatic ring is 1. The van der Waals surface area contributed by atoms with Crippen LogP contribution in [-0.2, 0) is 0 Å². The number of nitrogens with two attached hydrogens (primary N) is 1. The lowest BCUT2D eigenvalue weighted by Gasteiger charge is -2.00. The van der Waals surface area contributed by atoms with Crippen molar-refractivity contribution in [1.29, 1.82) is 0 Å². The minimum atomic E-state index is 0.327. The van der Waals surface area contributed by atoms with Gasteiger partial charge in [-0.25, -0.2) is 15.0 Å². The van der Waals surface area contributed by atoms with Gasteiger partial charge >= 0.3 is 0 Å². The van der Waals surface area contributed by atoms with Gasteiger partial charge in [0.25, 0.3) is 5.88 Å². The Hall–Kier alpha value is -2.37. The van der Waals surface area contributed by atoms with Crippen molar-refractivity contribution in [2.24, 2.45) is 0 Å². The molecule has 0 radical (unpaired) electrons. The average molecular weight is 273 g/mol. The van der Waals surface area contributed by atoms with Crippen LogP contribution in [0, 0.1) is 6.92 Å². The van der Waals surface area contributed by atoms with Crippen LogP contribution in [0.1, 0.15) is 24.1 Å². The number of rotatable bonds is 1. The van der Waals surface area contributed by atoms with E-state index in [9.17, 15) is 0 Å². The van der Waals surface area contributed by atoms with Gasteiger partial charge in [0.05, 0.1) is 19.0 Å². The lowest BCUT2D eigenvalue weighted by atomic mass is 10.1. The Kier molecular flexibility index (Phi) is 4.34. The van der Waals surface area contributed by atoms with Crippen molar-refractivity contribution >= 4 is 11.6 Å². The number of aromatic nitrogens is 3. The summed E-state index contributed by atoms with van der Waals surface area (Å²) in [5, 5.41) is 3.24. The number of anilines is 2. The second kappa shape index (κ2) is 6.18. The van der Waals surface area contributed by atoms with Gasteiger partial charge in [-0.05, 0) is 18.6 Å². The van der Waals surface area contributed by atoms with Crippen molar-refractivity contribution in [1.82, 2.24) is 15.0 Å². The van der Waals surface area contributed by atoms with Gasteiger partial charge in [0, 0.05) is 18.7 Å². The summed E-state index contributed by atoms with van der Waals surface area (Å²) in [4.78, 5) is 12.0. The molecule has 6 nitrogen and oxygen atoms in total. The van der Waals surface area contributed by atoms with E-state index in [1.807, 2.05) is 19.2 Å². The topological polar surface area (TPSA) is 86.0 Å². The van der Waals surface area contributed by atoms with E-state index < -0.39 is 0 Å². The van der Waals surface area contributed by atoms with Gasteiger partial charge in [-0.2, -0.15) is 0 Å². The highest BCUT2D eigenvalue weighted by molar-refractivity contribution is 5.50.